The van der Waals surface area contributed by atoms with Crippen molar-refractivity contribution < 1.29 is 9.59 Å². The Bertz CT molecular complexity index is 481. The van der Waals surface area contributed by atoms with E-state index < -0.39 is 0 Å². The number of carbonyl (C=O) groups excluding carboxylic acids is 2. The summed E-state index contributed by atoms with van der Waals surface area (Å²) in [7, 11) is 0. The molecule has 3 rings (SSSR count). The van der Waals surface area contributed by atoms with Crippen molar-refractivity contribution in [1.82, 2.24) is 0 Å². The van der Waals surface area contributed by atoms with Crippen molar-refractivity contribution in [1.29, 1.82) is 0 Å². The van der Waals surface area contributed by atoms with Crippen molar-refractivity contribution in [3.8, 4) is 0 Å². The van der Waals surface area contributed by atoms with E-state index >= 15 is 0 Å². The average Bonchev–Trinajstić information content (AvgIpc) is 2.69. The molecule has 0 radical (unpaired) electrons. The lowest BCUT2D eigenvalue weighted by atomic mass is 9.64. The average molecular weight is 375 g/mol. The van der Waals surface area contributed by atoms with Crippen molar-refractivity contribution in [3.05, 3.63) is 0 Å². The first-order valence-electron chi connectivity index (χ1n) is 12.2. The molecule has 0 aromatic heterocycles. The van der Waals surface area contributed by atoms with Gasteiger partial charge in [-0.25, -0.2) is 0 Å². The van der Waals surface area contributed by atoms with E-state index in [4.69, 9.17) is 0 Å². The first kappa shape index (κ1) is 21.1. The zero-order valence-electron chi connectivity index (χ0n) is 17.7. The zero-order valence-corrected chi connectivity index (χ0v) is 17.7. The number of ketones is 2. The molecule has 3 fully saturated rings. The maximum absolute atomic E-state index is 12.8. The van der Waals surface area contributed by atoms with Crippen LogP contribution in [-0.4, -0.2) is 11.6 Å². The summed E-state index contributed by atoms with van der Waals surface area (Å²) >= 11 is 0. The van der Waals surface area contributed by atoms with Gasteiger partial charge >= 0.3 is 0 Å². The molecule has 0 spiro atoms. The summed E-state index contributed by atoms with van der Waals surface area (Å²) in [4.78, 5) is 25.5. The standard InChI is InChI=1S/C25H42O2/c1-2-3-4-10-19-11-5-6-13-21(19)17-24(26)25(27)18-22-15-9-14-20-12-7-8-16-23(20)22/h19-23H,2-18H2,1H3. The number of unbranched alkanes of at least 4 members (excludes halogenated alkanes) is 2. The summed E-state index contributed by atoms with van der Waals surface area (Å²) in [6.45, 7) is 2.25. The van der Waals surface area contributed by atoms with E-state index in [1.165, 1.54) is 96.3 Å². The fourth-order valence-electron chi connectivity index (χ4n) is 6.62. The van der Waals surface area contributed by atoms with Gasteiger partial charge in [-0.2, -0.15) is 0 Å². The van der Waals surface area contributed by atoms with Crippen LogP contribution in [-0.2, 0) is 9.59 Å². The van der Waals surface area contributed by atoms with Gasteiger partial charge in [0.1, 0.15) is 0 Å². The molecule has 0 aliphatic heterocycles. The Labute approximate surface area is 167 Å². The third kappa shape index (κ3) is 5.91. The Morgan fingerprint density at radius 3 is 2.04 bits per heavy atom. The Morgan fingerprint density at radius 1 is 0.667 bits per heavy atom. The number of hydrogen-bond acceptors (Lipinski definition) is 2. The van der Waals surface area contributed by atoms with Crippen LogP contribution in [0.3, 0.4) is 0 Å². The van der Waals surface area contributed by atoms with Crippen LogP contribution in [0.2, 0.25) is 0 Å². The van der Waals surface area contributed by atoms with Crippen molar-refractivity contribution in [2.75, 3.05) is 0 Å². The van der Waals surface area contributed by atoms with Crippen LogP contribution in [0.5, 0.6) is 0 Å². The smallest absolute Gasteiger partial charge is 0.198 e. The third-order valence-corrected chi connectivity index (χ3v) is 8.17. The number of fused-ring (bicyclic) bond motifs is 1. The van der Waals surface area contributed by atoms with Gasteiger partial charge < -0.3 is 0 Å². The molecule has 0 amide bonds. The van der Waals surface area contributed by atoms with Gasteiger partial charge in [-0.3, -0.25) is 9.59 Å². The van der Waals surface area contributed by atoms with E-state index in [0.29, 0.717) is 30.6 Å². The summed E-state index contributed by atoms with van der Waals surface area (Å²) in [6.07, 6.45) is 20.5. The second-order valence-electron chi connectivity index (χ2n) is 9.95. The van der Waals surface area contributed by atoms with Gasteiger partial charge in [-0.15, -0.1) is 0 Å². The first-order chi connectivity index (χ1) is 13.2. The minimum absolute atomic E-state index is 0.0240. The number of rotatable bonds is 9. The van der Waals surface area contributed by atoms with Crippen LogP contribution in [0.25, 0.3) is 0 Å². The maximum atomic E-state index is 12.8. The largest absolute Gasteiger partial charge is 0.291 e. The topological polar surface area (TPSA) is 34.1 Å². The maximum Gasteiger partial charge on any atom is 0.198 e. The zero-order chi connectivity index (χ0) is 19.1. The highest BCUT2D eigenvalue weighted by molar-refractivity contribution is 6.37. The van der Waals surface area contributed by atoms with Crippen LogP contribution in [0.15, 0.2) is 0 Å². The molecule has 5 unspecified atom stereocenters. The molecule has 0 aromatic rings. The molecule has 2 heteroatoms. The first-order valence-corrected chi connectivity index (χ1v) is 12.2. The predicted octanol–water partition coefficient (Wildman–Crippen LogP) is 6.90. The van der Waals surface area contributed by atoms with E-state index in [-0.39, 0.29) is 11.6 Å². The quantitative estimate of drug-likeness (QED) is 0.325. The summed E-state index contributed by atoms with van der Waals surface area (Å²) in [5.74, 6) is 3.22. The van der Waals surface area contributed by atoms with Gasteiger partial charge in [0.15, 0.2) is 11.6 Å². The van der Waals surface area contributed by atoms with Crippen LogP contribution in [0.4, 0.5) is 0 Å². The van der Waals surface area contributed by atoms with Crippen molar-refractivity contribution >= 4 is 11.6 Å². The van der Waals surface area contributed by atoms with Crippen molar-refractivity contribution in [2.45, 2.75) is 116 Å². The number of hydrogen-bond donors (Lipinski definition) is 0. The second-order valence-corrected chi connectivity index (χ2v) is 9.95. The molecule has 0 aromatic carbocycles. The second kappa shape index (κ2) is 10.8. The Hall–Kier alpha value is -0.660. The lowest BCUT2D eigenvalue weighted by molar-refractivity contribution is -0.138. The van der Waals surface area contributed by atoms with Gasteiger partial charge in [-0.1, -0.05) is 84.0 Å². The molecule has 3 aliphatic rings. The van der Waals surface area contributed by atoms with Crippen LogP contribution >= 0.6 is 0 Å². The normalized spacial score (nSPS) is 34.0. The molecule has 2 nitrogen and oxygen atoms in total. The monoisotopic (exact) mass is 374 g/mol. The van der Waals surface area contributed by atoms with Gasteiger partial charge in [-0.05, 0) is 48.9 Å². The van der Waals surface area contributed by atoms with Crippen LogP contribution in [0, 0.1) is 29.6 Å². The summed E-state index contributed by atoms with van der Waals surface area (Å²) in [5, 5.41) is 0. The van der Waals surface area contributed by atoms with E-state index in [9.17, 15) is 9.59 Å². The molecule has 0 bridgehead atoms. The summed E-state index contributed by atoms with van der Waals surface area (Å²) < 4.78 is 0. The van der Waals surface area contributed by atoms with Crippen molar-refractivity contribution in [3.63, 3.8) is 0 Å². The van der Waals surface area contributed by atoms with Gasteiger partial charge in [0.25, 0.3) is 0 Å². The number of carbonyl (C=O) groups is 2. The van der Waals surface area contributed by atoms with Crippen LogP contribution in [0.1, 0.15) is 116 Å². The fraction of sp³-hybridized carbons (Fsp3) is 0.920. The van der Waals surface area contributed by atoms with E-state index in [1.807, 2.05) is 0 Å². The minimum Gasteiger partial charge on any atom is -0.291 e. The molecule has 0 N–H and O–H groups in total. The Morgan fingerprint density at radius 2 is 1.26 bits per heavy atom. The molecule has 154 valence electrons. The predicted molar refractivity (Wildman–Crippen MR) is 112 cm³/mol. The highest BCUT2D eigenvalue weighted by Gasteiger charge is 2.37. The molecule has 0 saturated heterocycles. The summed E-state index contributed by atoms with van der Waals surface area (Å²) in [6, 6.07) is 0. The highest BCUT2D eigenvalue weighted by atomic mass is 16.2. The number of Topliss-reactive ketones (excluding diaryl/α,β-unsaturated/α-hetero) is 2. The summed E-state index contributed by atoms with van der Waals surface area (Å²) in [5.41, 5.74) is 0. The lowest BCUT2D eigenvalue weighted by Crippen LogP contribution is -2.34. The lowest BCUT2D eigenvalue weighted by Gasteiger charge is -2.41. The van der Waals surface area contributed by atoms with Gasteiger partial charge in [0, 0.05) is 12.8 Å². The Balaban J connectivity index is 1.49. The highest BCUT2D eigenvalue weighted by Crippen LogP contribution is 2.45. The van der Waals surface area contributed by atoms with E-state index in [1.54, 1.807) is 0 Å². The molecule has 5 atom stereocenters. The SMILES string of the molecule is CCCCCC1CCCCC1CC(=O)C(=O)CC1CCCC2CCCCC21. The van der Waals surface area contributed by atoms with Gasteiger partial charge in [0.05, 0.1) is 0 Å². The minimum atomic E-state index is -0.0275. The van der Waals surface area contributed by atoms with E-state index in [0.717, 1.165) is 11.8 Å². The molecular weight excluding hydrogens is 332 g/mol. The molecule has 0 heterocycles. The van der Waals surface area contributed by atoms with Crippen LogP contribution < -0.4 is 0 Å². The third-order valence-electron chi connectivity index (χ3n) is 8.17. The Kier molecular flexibility index (Phi) is 8.40. The molecule has 3 saturated carbocycles. The van der Waals surface area contributed by atoms with Gasteiger partial charge in [0.2, 0.25) is 0 Å². The molecule has 3 aliphatic carbocycles. The molecule has 27 heavy (non-hydrogen) atoms. The van der Waals surface area contributed by atoms with Crippen molar-refractivity contribution in [2.24, 2.45) is 29.6 Å². The fourth-order valence-corrected chi connectivity index (χ4v) is 6.62. The van der Waals surface area contributed by atoms with E-state index in [2.05, 4.69) is 6.92 Å². The molecular formula is C25H42O2.